The molecule has 9 heteroatoms. The van der Waals surface area contributed by atoms with Crippen LogP contribution in [0.5, 0.6) is 0 Å². The lowest BCUT2D eigenvalue weighted by molar-refractivity contribution is -0.383. The number of benzene rings is 1. The van der Waals surface area contributed by atoms with E-state index < -0.39 is 21.9 Å². The van der Waals surface area contributed by atoms with E-state index in [1.54, 1.807) is 24.3 Å². The van der Waals surface area contributed by atoms with Gasteiger partial charge in [-0.25, -0.2) is 0 Å². The number of fused-ring (bicyclic) bond motifs is 1. The molecule has 2 rings (SSSR count). The van der Waals surface area contributed by atoms with E-state index in [-0.39, 0.29) is 16.1 Å². The molecule has 110 valence electrons. The number of nitrogens with zero attached hydrogens (tertiary/aromatic N) is 5. The average Bonchev–Trinajstić information content (AvgIpc) is 2.56. The fourth-order valence-electron chi connectivity index (χ4n) is 1.89. The summed E-state index contributed by atoms with van der Waals surface area (Å²) < 4.78 is 0. The Labute approximate surface area is 134 Å². The number of halogens is 1. The maximum Gasteiger partial charge on any atom is 0.294 e. The van der Waals surface area contributed by atoms with Crippen LogP contribution >= 0.6 is 11.6 Å². The summed E-state index contributed by atoms with van der Waals surface area (Å²) in [4.78, 5) is 14.5. The fourth-order valence-corrected chi connectivity index (χ4v) is 2.16. The van der Waals surface area contributed by atoms with Crippen LogP contribution in [0.2, 0.25) is 5.02 Å². The maximum atomic E-state index is 11.3. The number of pyridine rings is 1. The number of hydrogen-bond donors (Lipinski definition) is 1. The van der Waals surface area contributed by atoms with E-state index in [1.807, 2.05) is 0 Å². The Balaban J connectivity index is 2.81. The van der Waals surface area contributed by atoms with Gasteiger partial charge in [0.15, 0.2) is 5.57 Å². The summed E-state index contributed by atoms with van der Waals surface area (Å²) in [5, 5.41) is 41.4. The number of hydrogen-bond acceptors (Lipinski definition) is 7. The molecular formula is C14H5ClN6O2. The van der Waals surface area contributed by atoms with E-state index >= 15 is 0 Å². The van der Waals surface area contributed by atoms with Crippen molar-refractivity contribution in [3.05, 3.63) is 50.9 Å². The van der Waals surface area contributed by atoms with Crippen molar-refractivity contribution in [1.82, 2.24) is 4.98 Å². The van der Waals surface area contributed by atoms with Crippen LogP contribution in [-0.4, -0.2) is 9.91 Å². The third-order valence-electron chi connectivity index (χ3n) is 2.90. The van der Waals surface area contributed by atoms with Crippen LogP contribution in [0.3, 0.4) is 0 Å². The SMILES string of the molecule is N#CC(C#N)=C(C#N)Nc1c([N+](=O)[O-])cc(Cl)c2ccncc12. The van der Waals surface area contributed by atoms with E-state index in [0.29, 0.717) is 5.39 Å². The van der Waals surface area contributed by atoms with Crippen molar-refractivity contribution in [2.24, 2.45) is 0 Å². The molecule has 0 bridgehead atoms. The Morgan fingerprint density at radius 3 is 2.52 bits per heavy atom. The van der Waals surface area contributed by atoms with Crippen molar-refractivity contribution in [1.29, 1.82) is 15.8 Å². The second kappa shape index (κ2) is 6.40. The van der Waals surface area contributed by atoms with E-state index in [1.165, 1.54) is 12.4 Å². The summed E-state index contributed by atoms with van der Waals surface area (Å²) in [5.41, 5.74) is -1.36. The standard InChI is InChI=1S/C14H5ClN6O2/c15-11-3-13(21(22)23)14(10-7-19-2-1-9(10)11)20-12(6-18)8(4-16)5-17/h1-3,7,20H. The van der Waals surface area contributed by atoms with Crippen LogP contribution in [0.25, 0.3) is 10.8 Å². The van der Waals surface area contributed by atoms with Gasteiger partial charge in [0.05, 0.1) is 9.95 Å². The summed E-state index contributed by atoms with van der Waals surface area (Å²) >= 11 is 6.02. The molecule has 1 aromatic heterocycles. The number of rotatable bonds is 3. The molecule has 0 aliphatic heterocycles. The lowest BCUT2D eigenvalue weighted by Crippen LogP contribution is -2.05. The predicted octanol–water partition coefficient (Wildman–Crippen LogP) is 3.03. The van der Waals surface area contributed by atoms with Crippen molar-refractivity contribution >= 4 is 33.7 Å². The lowest BCUT2D eigenvalue weighted by Gasteiger charge is -2.10. The van der Waals surface area contributed by atoms with Gasteiger partial charge in [-0.1, -0.05) is 11.6 Å². The van der Waals surface area contributed by atoms with E-state index in [0.717, 1.165) is 6.07 Å². The minimum absolute atomic E-state index is 0.0675. The number of nitro benzene ring substituents is 1. The van der Waals surface area contributed by atoms with Crippen molar-refractivity contribution in [3.8, 4) is 18.2 Å². The zero-order valence-electron chi connectivity index (χ0n) is 11.2. The van der Waals surface area contributed by atoms with E-state index in [9.17, 15) is 10.1 Å². The molecule has 0 aliphatic carbocycles. The molecule has 0 saturated heterocycles. The highest BCUT2D eigenvalue weighted by molar-refractivity contribution is 6.36. The summed E-state index contributed by atoms with van der Waals surface area (Å²) in [7, 11) is 0. The zero-order valence-corrected chi connectivity index (χ0v) is 12.0. The van der Waals surface area contributed by atoms with Gasteiger partial charge in [-0.3, -0.25) is 15.1 Å². The van der Waals surface area contributed by atoms with Gasteiger partial charge in [0.2, 0.25) is 0 Å². The zero-order chi connectivity index (χ0) is 17.0. The first-order valence-corrected chi connectivity index (χ1v) is 6.33. The first-order chi connectivity index (χ1) is 11.0. The molecule has 1 heterocycles. The molecule has 0 spiro atoms. The highest BCUT2D eigenvalue weighted by Gasteiger charge is 2.21. The molecule has 1 aromatic carbocycles. The highest BCUT2D eigenvalue weighted by Crippen LogP contribution is 2.38. The summed E-state index contributed by atoms with van der Waals surface area (Å²) in [5.74, 6) is 0. The third kappa shape index (κ3) is 2.86. The van der Waals surface area contributed by atoms with Crippen molar-refractivity contribution in [3.63, 3.8) is 0 Å². The minimum Gasteiger partial charge on any atom is -0.339 e. The van der Waals surface area contributed by atoms with E-state index in [2.05, 4.69) is 10.3 Å². The number of anilines is 1. The Kier molecular flexibility index (Phi) is 4.37. The lowest BCUT2D eigenvalue weighted by atomic mass is 10.1. The topological polar surface area (TPSA) is 139 Å². The molecule has 1 N–H and O–H groups in total. The van der Waals surface area contributed by atoms with Crippen LogP contribution in [-0.2, 0) is 0 Å². The normalized spacial score (nSPS) is 9.30. The number of nitrogens with one attached hydrogen (secondary N) is 1. The van der Waals surface area contributed by atoms with Gasteiger partial charge in [-0.05, 0) is 6.07 Å². The number of allylic oxidation sites excluding steroid dienone is 2. The molecule has 0 saturated carbocycles. The van der Waals surface area contributed by atoms with Crippen LogP contribution in [0.4, 0.5) is 11.4 Å². The van der Waals surface area contributed by atoms with Gasteiger partial charge in [-0.2, -0.15) is 15.8 Å². The fraction of sp³-hybridized carbons (Fsp3) is 0. The smallest absolute Gasteiger partial charge is 0.294 e. The third-order valence-corrected chi connectivity index (χ3v) is 3.21. The largest absolute Gasteiger partial charge is 0.339 e. The van der Waals surface area contributed by atoms with Crippen LogP contribution < -0.4 is 5.32 Å². The van der Waals surface area contributed by atoms with Crippen LogP contribution in [0.1, 0.15) is 0 Å². The van der Waals surface area contributed by atoms with Crippen molar-refractivity contribution in [2.45, 2.75) is 0 Å². The second-order valence-electron chi connectivity index (χ2n) is 4.14. The van der Waals surface area contributed by atoms with Gasteiger partial charge < -0.3 is 5.32 Å². The molecule has 8 nitrogen and oxygen atoms in total. The number of aromatic nitrogens is 1. The highest BCUT2D eigenvalue weighted by atomic mass is 35.5. The van der Waals surface area contributed by atoms with Crippen LogP contribution in [0, 0.1) is 44.1 Å². The van der Waals surface area contributed by atoms with Crippen LogP contribution in [0.15, 0.2) is 35.8 Å². The first kappa shape index (κ1) is 15.7. The Morgan fingerprint density at radius 2 is 1.96 bits per heavy atom. The molecule has 0 amide bonds. The quantitative estimate of drug-likeness (QED) is 0.519. The van der Waals surface area contributed by atoms with Gasteiger partial charge in [0.1, 0.15) is 29.6 Å². The van der Waals surface area contributed by atoms with Gasteiger partial charge in [0.25, 0.3) is 5.69 Å². The Bertz CT molecular complexity index is 962. The molecule has 0 unspecified atom stereocenters. The molecule has 0 aliphatic rings. The minimum atomic E-state index is -0.686. The summed E-state index contributed by atoms with van der Waals surface area (Å²) in [6.45, 7) is 0. The summed E-state index contributed by atoms with van der Waals surface area (Å²) in [6, 6.07) is 7.43. The number of nitriles is 3. The maximum absolute atomic E-state index is 11.3. The van der Waals surface area contributed by atoms with Crippen molar-refractivity contribution < 1.29 is 4.92 Å². The van der Waals surface area contributed by atoms with Gasteiger partial charge in [-0.15, -0.1) is 0 Å². The number of nitro groups is 1. The molecule has 0 fully saturated rings. The summed E-state index contributed by atoms with van der Waals surface area (Å²) in [6.07, 6.45) is 2.80. The molecular weight excluding hydrogens is 320 g/mol. The molecule has 23 heavy (non-hydrogen) atoms. The Morgan fingerprint density at radius 1 is 1.26 bits per heavy atom. The first-order valence-electron chi connectivity index (χ1n) is 5.95. The molecule has 2 aromatic rings. The average molecular weight is 325 g/mol. The second-order valence-corrected chi connectivity index (χ2v) is 4.55. The monoisotopic (exact) mass is 324 g/mol. The predicted molar refractivity (Wildman–Crippen MR) is 80.9 cm³/mol. The molecule has 0 radical (unpaired) electrons. The molecule has 0 atom stereocenters. The van der Waals surface area contributed by atoms with Gasteiger partial charge >= 0.3 is 0 Å². The van der Waals surface area contributed by atoms with Gasteiger partial charge in [0, 0.05) is 29.2 Å². The van der Waals surface area contributed by atoms with Crippen molar-refractivity contribution in [2.75, 3.05) is 5.32 Å². The van der Waals surface area contributed by atoms with E-state index in [4.69, 9.17) is 27.4 Å². The Hall–Kier alpha value is -3.67.